The molecule has 146 valence electrons. The average Bonchev–Trinajstić information content (AvgIpc) is 3.01. The van der Waals surface area contributed by atoms with E-state index in [1.165, 1.54) is 11.8 Å². The molecule has 1 aliphatic rings. The zero-order valence-corrected chi connectivity index (χ0v) is 17.9. The van der Waals surface area contributed by atoms with Crippen LogP contribution in [0.3, 0.4) is 0 Å². The molecule has 0 bridgehead atoms. The summed E-state index contributed by atoms with van der Waals surface area (Å²) < 4.78 is 6.56. The second-order valence-corrected chi connectivity index (χ2v) is 8.57. The summed E-state index contributed by atoms with van der Waals surface area (Å²) in [5.74, 6) is 0.673. The summed E-state index contributed by atoms with van der Waals surface area (Å²) in [6.45, 7) is 4.12. The van der Waals surface area contributed by atoms with Crippen molar-refractivity contribution < 1.29 is 9.53 Å². The lowest BCUT2D eigenvalue weighted by molar-refractivity contribution is -0.113. The van der Waals surface area contributed by atoms with Gasteiger partial charge >= 0.3 is 0 Å². The Morgan fingerprint density at radius 2 is 1.79 bits per heavy atom. The predicted molar refractivity (Wildman–Crippen MR) is 126 cm³/mol. The fourth-order valence-electron chi connectivity index (χ4n) is 3.23. The van der Waals surface area contributed by atoms with Crippen LogP contribution in [0.4, 0.5) is 5.69 Å². The number of hydrogen-bond acceptors (Lipinski definition) is 4. The van der Waals surface area contributed by atoms with Crippen molar-refractivity contribution >= 4 is 56.7 Å². The van der Waals surface area contributed by atoms with E-state index in [-0.39, 0.29) is 12.0 Å². The molecule has 1 atom stereocenters. The number of thiocarbonyl (C=S) groups is 1. The van der Waals surface area contributed by atoms with Gasteiger partial charge in [0.15, 0.2) is 4.32 Å². The second kappa shape index (κ2) is 8.39. The molecule has 3 aromatic carbocycles. The molecule has 0 radical (unpaired) electrons. The zero-order chi connectivity index (χ0) is 20.4. The summed E-state index contributed by atoms with van der Waals surface area (Å²) in [7, 11) is 0. The standard InChI is InChI=1S/C24H21NO2S2/c1-3-16(2)27-21-14-7-5-10-18(21)15-22-23(26)25(24(28)29-22)20-13-8-11-17-9-4-6-12-19(17)20/h4-16H,3H2,1-2H3/b22-15-/t16-/m0/s1. The van der Waals surface area contributed by atoms with E-state index in [2.05, 4.69) is 6.92 Å². The first kappa shape index (κ1) is 19.7. The molecule has 3 aromatic rings. The van der Waals surface area contributed by atoms with Crippen molar-refractivity contribution in [3.8, 4) is 5.75 Å². The number of fused-ring (bicyclic) bond motifs is 1. The predicted octanol–water partition coefficient (Wildman–Crippen LogP) is 6.42. The van der Waals surface area contributed by atoms with Crippen LogP contribution in [0.2, 0.25) is 0 Å². The number of amides is 1. The molecule has 0 unspecified atom stereocenters. The van der Waals surface area contributed by atoms with Gasteiger partial charge < -0.3 is 4.74 Å². The molecule has 0 N–H and O–H groups in total. The Balaban J connectivity index is 1.71. The average molecular weight is 420 g/mol. The highest BCUT2D eigenvalue weighted by atomic mass is 32.2. The maximum atomic E-state index is 13.3. The lowest BCUT2D eigenvalue weighted by Crippen LogP contribution is -2.27. The van der Waals surface area contributed by atoms with E-state index in [1.807, 2.05) is 79.7 Å². The zero-order valence-electron chi connectivity index (χ0n) is 16.3. The van der Waals surface area contributed by atoms with Crippen molar-refractivity contribution in [1.29, 1.82) is 0 Å². The Labute approximate surface area is 180 Å². The van der Waals surface area contributed by atoms with Gasteiger partial charge in [-0.05, 0) is 36.9 Å². The maximum absolute atomic E-state index is 13.3. The number of hydrogen-bond donors (Lipinski definition) is 0. The van der Waals surface area contributed by atoms with E-state index in [0.717, 1.165) is 34.2 Å². The Morgan fingerprint density at radius 3 is 2.62 bits per heavy atom. The number of thioether (sulfide) groups is 1. The van der Waals surface area contributed by atoms with E-state index in [9.17, 15) is 4.79 Å². The molecule has 5 heteroatoms. The van der Waals surface area contributed by atoms with E-state index < -0.39 is 0 Å². The summed E-state index contributed by atoms with van der Waals surface area (Å²) >= 11 is 6.90. The SMILES string of the molecule is CC[C@H](C)Oc1ccccc1/C=C1\SC(=S)N(c2cccc3ccccc23)C1=O. The van der Waals surface area contributed by atoms with Gasteiger partial charge in [-0.3, -0.25) is 9.69 Å². The largest absolute Gasteiger partial charge is 0.490 e. The van der Waals surface area contributed by atoms with E-state index in [0.29, 0.717) is 9.23 Å². The quantitative estimate of drug-likeness (QED) is 0.352. The first-order valence-electron chi connectivity index (χ1n) is 9.60. The molecule has 0 aromatic heterocycles. The molecule has 29 heavy (non-hydrogen) atoms. The summed E-state index contributed by atoms with van der Waals surface area (Å²) in [6.07, 6.45) is 2.90. The van der Waals surface area contributed by atoms with Gasteiger partial charge in [0.05, 0.1) is 16.7 Å². The highest BCUT2D eigenvalue weighted by Crippen LogP contribution is 2.39. The Bertz CT molecular complexity index is 1120. The molecule has 1 heterocycles. The van der Waals surface area contributed by atoms with Crippen molar-refractivity contribution in [2.45, 2.75) is 26.4 Å². The van der Waals surface area contributed by atoms with E-state index in [4.69, 9.17) is 17.0 Å². The molecule has 4 rings (SSSR count). The monoisotopic (exact) mass is 419 g/mol. The lowest BCUT2D eigenvalue weighted by Gasteiger charge is -2.17. The van der Waals surface area contributed by atoms with Crippen molar-refractivity contribution in [3.05, 3.63) is 77.2 Å². The second-order valence-electron chi connectivity index (χ2n) is 6.89. The van der Waals surface area contributed by atoms with E-state index >= 15 is 0 Å². The molecule has 0 saturated carbocycles. The molecule has 1 amide bonds. The summed E-state index contributed by atoms with van der Waals surface area (Å²) in [6, 6.07) is 21.7. The third kappa shape index (κ3) is 3.93. The molecule has 1 aliphatic heterocycles. The van der Waals surface area contributed by atoms with Crippen LogP contribution in [0.15, 0.2) is 71.6 Å². The number of rotatable bonds is 5. The van der Waals surface area contributed by atoms with Crippen molar-refractivity contribution in [2.75, 3.05) is 4.90 Å². The first-order chi connectivity index (χ1) is 14.1. The van der Waals surface area contributed by atoms with Crippen LogP contribution in [-0.2, 0) is 4.79 Å². The molecule has 0 spiro atoms. The topological polar surface area (TPSA) is 29.5 Å². The van der Waals surface area contributed by atoms with Crippen molar-refractivity contribution in [3.63, 3.8) is 0 Å². The Hall–Kier alpha value is -2.63. The van der Waals surface area contributed by atoms with Gasteiger partial charge in [0, 0.05) is 10.9 Å². The minimum atomic E-state index is -0.102. The van der Waals surface area contributed by atoms with Crippen LogP contribution in [-0.4, -0.2) is 16.3 Å². The van der Waals surface area contributed by atoms with Gasteiger partial charge in [0.2, 0.25) is 0 Å². The fourth-order valence-corrected chi connectivity index (χ4v) is 4.50. The normalized spacial score (nSPS) is 16.6. The molecule has 1 fully saturated rings. The fraction of sp³-hybridized carbons (Fsp3) is 0.167. The van der Waals surface area contributed by atoms with Gasteiger partial charge in [-0.15, -0.1) is 0 Å². The Kier molecular flexibility index (Phi) is 5.69. The Morgan fingerprint density at radius 1 is 1.07 bits per heavy atom. The number of nitrogens with zero attached hydrogens (tertiary/aromatic N) is 1. The highest BCUT2D eigenvalue weighted by molar-refractivity contribution is 8.27. The summed E-state index contributed by atoms with van der Waals surface area (Å²) in [5, 5.41) is 2.09. The summed E-state index contributed by atoms with van der Waals surface area (Å²) in [5.41, 5.74) is 1.70. The highest BCUT2D eigenvalue weighted by Gasteiger charge is 2.34. The molecule has 1 saturated heterocycles. The number of carbonyl (C=O) groups is 1. The third-order valence-electron chi connectivity index (χ3n) is 4.91. The summed E-state index contributed by atoms with van der Waals surface area (Å²) in [4.78, 5) is 15.5. The van der Waals surface area contributed by atoms with Gasteiger partial charge in [-0.1, -0.05) is 85.5 Å². The van der Waals surface area contributed by atoms with Gasteiger partial charge in [-0.2, -0.15) is 0 Å². The minimum Gasteiger partial charge on any atom is -0.490 e. The van der Waals surface area contributed by atoms with Crippen molar-refractivity contribution in [1.82, 2.24) is 0 Å². The third-order valence-corrected chi connectivity index (χ3v) is 6.21. The van der Waals surface area contributed by atoms with Crippen LogP contribution in [0.5, 0.6) is 5.75 Å². The number of carbonyl (C=O) groups excluding carboxylic acids is 1. The van der Waals surface area contributed by atoms with Crippen molar-refractivity contribution in [2.24, 2.45) is 0 Å². The minimum absolute atomic E-state index is 0.102. The molecular formula is C24H21NO2S2. The van der Waals surface area contributed by atoms with Crippen LogP contribution in [0, 0.1) is 0 Å². The molecule has 0 aliphatic carbocycles. The van der Waals surface area contributed by atoms with Crippen LogP contribution >= 0.6 is 24.0 Å². The number of ether oxygens (including phenoxy) is 1. The first-order valence-corrected chi connectivity index (χ1v) is 10.8. The molecular weight excluding hydrogens is 398 g/mol. The van der Waals surface area contributed by atoms with Crippen LogP contribution in [0.1, 0.15) is 25.8 Å². The van der Waals surface area contributed by atoms with Gasteiger partial charge in [-0.25, -0.2) is 0 Å². The lowest BCUT2D eigenvalue weighted by atomic mass is 10.1. The number of para-hydroxylation sites is 1. The van der Waals surface area contributed by atoms with Crippen LogP contribution < -0.4 is 9.64 Å². The van der Waals surface area contributed by atoms with Crippen LogP contribution in [0.25, 0.3) is 16.8 Å². The van der Waals surface area contributed by atoms with Gasteiger partial charge in [0.1, 0.15) is 5.75 Å². The smallest absolute Gasteiger partial charge is 0.270 e. The van der Waals surface area contributed by atoms with E-state index in [1.54, 1.807) is 4.90 Å². The number of anilines is 1. The number of benzene rings is 3. The maximum Gasteiger partial charge on any atom is 0.270 e. The molecule has 3 nitrogen and oxygen atoms in total. The van der Waals surface area contributed by atoms with Gasteiger partial charge in [0.25, 0.3) is 5.91 Å².